The summed E-state index contributed by atoms with van der Waals surface area (Å²) >= 11 is 6.00. The molecule has 14 heteroatoms. The van der Waals surface area contributed by atoms with Gasteiger partial charge in [0.05, 0.1) is 10.6 Å². The van der Waals surface area contributed by atoms with Gasteiger partial charge in [-0.15, -0.1) is 0 Å². The molecular weight excluding hydrogens is 675 g/mol. The fraction of sp³-hybridized carbons (Fsp3) is 0.583. The van der Waals surface area contributed by atoms with E-state index in [1.54, 1.807) is 4.90 Å². The number of aromatic hydroxyl groups is 1. The van der Waals surface area contributed by atoms with Crippen molar-refractivity contribution in [3.05, 3.63) is 58.1 Å². The van der Waals surface area contributed by atoms with Crippen LogP contribution in [0, 0.1) is 5.92 Å². The fourth-order valence-corrected chi connectivity index (χ4v) is 8.54. The van der Waals surface area contributed by atoms with Gasteiger partial charge >= 0.3 is 12.3 Å². The molecule has 6 rings (SSSR count). The molecule has 3 atom stereocenters. The number of hydrogen-bond acceptors (Lipinski definition) is 7. The van der Waals surface area contributed by atoms with E-state index in [2.05, 4.69) is 22.5 Å². The quantitative estimate of drug-likeness (QED) is 0.351. The molecule has 3 fully saturated rings. The third-order valence-corrected chi connectivity index (χ3v) is 11.3. The van der Waals surface area contributed by atoms with E-state index >= 15 is 0 Å². The van der Waals surface area contributed by atoms with Crippen LogP contribution in [-0.2, 0) is 32.3 Å². The molecule has 2 aromatic carbocycles. The number of phenolic OH excluding ortho intramolecular Hbond substituents is 1. The summed E-state index contributed by atoms with van der Waals surface area (Å²) in [4.78, 5) is 45.8. The van der Waals surface area contributed by atoms with E-state index in [0.717, 1.165) is 49.7 Å². The SMILES string of the molecule is CCCC1CCNCC1N1CCN(C(=O)[C@@H](Cc2cc(Cl)c(O)c(C(F)(F)F)c2)OC(=O)N2CCC3(CC2)CC(=O)Nc2ccccc23)CC1. The smallest absolute Gasteiger partial charge is 0.420 e. The van der Waals surface area contributed by atoms with E-state index in [4.69, 9.17) is 16.3 Å². The summed E-state index contributed by atoms with van der Waals surface area (Å²) in [7, 11) is 0. The van der Waals surface area contributed by atoms with Crippen LogP contribution in [0.2, 0.25) is 5.02 Å². The maximum Gasteiger partial charge on any atom is 0.420 e. The van der Waals surface area contributed by atoms with Gasteiger partial charge < -0.3 is 30.3 Å². The van der Waals surface area contributed by atoms with Crippen LogP contribution in [0.25, 0.3) is 0 Å². The number of alkyl halides is 3. The lowest BCUT2D eigenvalue weighted by Gasteiger charge is -2.45. The van der Waals surface area contributed by atoms with Crippen LogP contribution in [-0.4, -0.2) is 102 Å². The van der Waals surface area contributed by atoms with Gasteiger partial charge in [0.1, 0.15) is 5.75 Å². The molecule has 1 spiro atoms. The molecule has 50 heavy (non-hydrogen) atoms. The van der Waals surface area contributed by atoms with Gasteiger partial charge in [0.2, 0.25) is 5.91 Å². The van der Waals surface area contributed by atoms with Crippen molar-refractivity contribution in [3.8, 4) is 5.75 Å². The molecule has 3 saturated heterocycles. The molecule has 3 N–H and O–H groups in total. The number of rotatable bonds is 7. The van der Waals surface area contributed by atoms with Gasteiger partial charge in [-0.3, -0.25) is 14.5 Å². The van der Waals surface area contributed by atoms with Gasteiger partial charge in [-0.05, 0) is 67.5 Å². The highest BCUT2D eigenvalue weighted by Crippen LogP contribution is 2.45. The Hall–Kier alpha value is -3.55. The molecule has 3 amide bonds. The molecule has 0 bridgehead atoms. The minimum atomic E-state index is -4.89. The molecule has 4 aliphatic heterocycles. The molecule has 0 radical (unpaired) electrons. The summed E-state index contributed by atoms with van der Waals surface area (Å²) in [5.41, 5.74) is 0.0206. The van der Waals surface area contributed by atoms with Crippen molar-refractivity contribution in [3.63, 3.8) is 0 Å². The van der Waals surface area contributed by atoms with Crippen LogP contribution >= 0.6 is 11.6 Å². The Labute approximate surface area is 295 Å². The number of hydrogen-bond donors (Lipinski definition) is 3. The lowest BCUT2D eigenvalue weighted by atomic mass is 9.68. The number of amides is 3. The third kappa shape index (κ3) is 7.69. The Morgan fingerprint density at radius 1 is 1.08 bits per heavy atom. The van der Waals surface area contributed by atoms with E-state index < -0.39 is 46.0 Å². The molecule has 2 unspecified atom stereocenters. The Kier molecular flexibility index (Phi) is 10.9. The number of piperidine rings is 2. The van der Waals surface area contributed by atoms with Crippen molar-refractivity contribution >= 4 is 35.2 Å². The maximum absolute atomic E-state index is 14.1. The largest absolute Gasteiger partial charge is 0.506 e. The lowest BCUT2D eigenvalue weighted by molar-refractivity contribution is -0.143. The van der Waals surface area contributed by atoms with E-state index in [0.29, 0.717) is 57.4 Å². The Bertz CT molecular complexity index is 1570. The number of carbonyl (C=O) groups is 3. The third-order valence-electron chi connectivity index (χ3n) is 11.0. The number of nitrogens with one attached hydrogen (secondary N) is 2. The monoisotopic (exact) mass is 719 g/mol. The highest BCUT2D eigenvalue weighted by Gasteiger charge is 2.44. The Morgan fingerprint density at radius 2 is 1.80 bits per heavy atom. The number of carbonyl (C=O) groups excluding carboxylic acids is 3. The number of halogens is 4. The first kappa shape index (κ1) is 36.2. The van der Waals surface area contributed by atoms with E-state index in [9.17, 15) is 32.7 Å². The van der Waals surface area contributed by atoms with Gasteiger partial charge in [0, 0.05) is 75.8 Å². The zero-order valence-corrected chi connectivity index (χ0v) is 29.0. The summed E-state index contributed by atoms with van der Waals surface area (Å²) < 4.78 is 47.2. The maximum atomic E-state index is 14.1. The van der Waals surface area contributed by atoms with Crippen LogP contribution in [0.5, 0.6) is 5.75 Å². The molecular formula is C36H45ClF3N5O5. The predicted octanol–water partition coefficient (Wildman–Crippen LogP) is 5.41. The van der Waals surface area contributed by atoms with Crippen LogP contribution in [0.4, 0.5) is 23.7 Å². The number of benzene rings is 2. The zero-order chi connectivity index (χ0) is 35.6. The van der Waals surface area contributed by atoms with Gasteiger partial charge in [-0.2, -0.15) is 13.2 Å². The highest BCUT2D eigenvalue weighted by atomic mass is 35.5. The van der Waals surface area contributed by atoms with Crippen molar-refractivity contribution in [1.29, 1.82) is 0 Å². The van der Waals surface area contributed by atoms with Crippen LogP contribution < -0.4 is 10.6 Å². The van der Waals surface area contributed by atoms with Crippen molar-refractivity contribution in [2.45, 2.75) is 75.6 Å². The van der Waals surface area contributed by atoms with Crippen molar-refractivity contribution in [1.82, 2.24) is 20.0 Å². The first-order valence-corrected chi connectivity index (χ1v) is 17.9. The molecule has 10 nitrogen and oxygen atoms in total. The molecule has 2 aromatic rings. The molecule has 4 heterocycles. The summed E-state index contributed by atoms with van der Waals surface area (Å²) in [6, 6.07) is 9.90. The molecule has 4 aliphatic rings. The number of likely N-dealkylation sites (tertiary alicyclic amines) is 1. The normalized spacial score (nSPS) is 23.3. The lowest BCUT2D eigenvalue weighted by Crippen LogP contribution is -2.59. The topological polar surface area (TPSA) is 114 Å². The summed E-state index contributed by atoms with van der Waals surface area (Å²) in [5.74, 6) is -1.11. The number of ether oxygens (including phenoxy) is 1. The van der Waals surface area contributed by atoms with E-state index in [1.165, 1.54) is 11.0 Å². The van der Waals surface area contributed by atoms with Gasteiger partial charge in [-0.25, -0.2) is 4.79 Å². The molecule has 0 aliphatic carbocycles. The minimum absolute atomic E-state index is 0.00280. The predicted molar refractivity (Wildman–Crippen MR) is 182 cm³/mol. The molecule has 0 saturated carbocycles. The summed E-state index contributed by atoms with van der Waals surface area (Å²) in [6.45, 7) is 6.65. The van der Waals surface area contributed by atoms with Crippen molar-refractivity contribution < 1.29 is 37.4 Å². The molecule has 0 aromatic heterocycles. The standard InChI is InChI=1S/C36H45ClF3N5O5/c1-2-5-24-8-11-41-22-29(24)43-14-16-44(17-15-43)33(48)30(20-23-18-26(36(38,39)40)32(47)27(37)19-23)50-34(49)45-12-9-35(10-13-45)21-31(46)42-28-7-4-3-6-25(28)35/h3-4,6-7,18-19,24,29-30,41,47H,2,5,8-17,20-22H2,1H3,(H,42,46)/t24?,29?,30-/m1/s1. The number of anilines is 1. The van der Waals surface area contributed by atoms with Gasteiger partial charge in [0.15, 0.2) is 6.10 Å². The van der Waals surface area contributed by atoms with Crippen LogP contribution in [0.15, 0.2) is 36.4 Å². The number of fused-ring (bicyclic) bond motifs is 2. The minimum Gasteiger partial charge on any atom is -0.506 e. The molecule has 272 valence electrons. The first-order chi connectivity index (χ1) is 23.9. The Morgan fingerprint density at radius 3 is 2.50 bits per heavy atom. The van der Waals surface area contributed by atoms with Crippen LogP contribution in [0.3, 0.4) is 0 Å². The number of nitrogens with zero attached hydrogens (tertiary/aromatic N) is 3. The summed E-state index contributed by atoms with van der Waals surface area (Å²) in [6.07, 6.45) is -2.78. The van der Waals surface area contributed by atoms with E-state index in [1.807, 2.05) is 24.3 Å². The van der Waals surface area contributed by atoms with Gasteiger partial charge in [0.25, 0.3) is 5.91 Å². The number of phenols is 1. The Balaban J connectivity index is 1.18. The second-order valence-electron chi connectivity index (χ2n) is 14.1. The first-order valence-electron chi connectivity index (χ1n) is 17.6. The van der Waals surface area contributed by atoms with E-state index in [-0.39, 0.29) is 31.0 Å². The van der Waals surface area contributed by atoms with Crippen molar-refractivity contribution in [2.75, 3.05) is 57.7 Å². The average Bonchev–Trinajstić information content (AvgIpc) is 3.09. The summed E-state index contributed by atoms with van der Waals surface area (Å²) in [5, 5.41) is 15.9. The highest BCUT2D eigenvalue weighted by molar-refractivity contribution is 6.32. The van der Waals surface area contributed by atoms with Crippen LogP contribution in [0.1, 0.15) is 62.1 Å². The zero-order valence-electron chi connectivity index (χ0n) is 28.2. The van der Waals surface area contributed by atoms with Crippen molar-refractivity contribution in [2.24, 2.45) is 5.92 Å². The number of para-hydroxylation sites is 1. The second kappa shape index (κ2) is 15.0. The fourth-order valence-electron chi connectivity index (χ4n) is 8.30. The number of piperazine rings is 1. The van der Waals surface area contributed by atoms with Gasteiger partial charge in [-0.1, -0.05) is 43.1 Å². The second-order valence-corrected chi connectivity index (χ2v) is 14.5. The average molecular weight is 720 g/mol.